The molecule has 80 valence electrons. The molecule has 1 aliphatic rings. The monoisotopic (exact) mass is 216 g/mol. The normalized spacial score (nSPS) is 17.9. The van der Waals surface area contributed by atoms with Gasteiger partial charge in [0.25, 0.3) is 0 Å². The summed E-state index contributed by atoms with van der Waals surface area (Å²) in [7, 11) is 0. The summed E-state index contributed by atoms with van der Waals surface area (Å²) in [4.78, 5) is 26.2. The second-order valence-corrected chi connectivity index (χ2v) is 3.70. The third-order valence-corrected chi connectivity index (χ3v) is 2.68. The minimum atomic E-state index is -0.363. The standard InChI is InChI=1S/C9H16N2O2S/c1-2-10-5-6-11(4-3-7-14)9(13)8(10)12/h14H,2-7H2,1H3. The van der Waals surface area contributed by atoms with E-state index in [2.05, 4.69) is 12.6 Å². The number of nitrogens with zero attached hydrogens (tertiary/aromatic N) is 2. The van der Waals surface area contributed by atoms with Gasteiger partial charge in [-0.1, -0.05) is 0 Å². The zero-order chi connectivity index (χ0) is 10.6. The van der Waals surface area contributed by atoms with Gasteiger partial charge in [0.05, 0.1) is 0 Å². The highest BCUT2D eigenvalue weighted by Gasteiger charge is 2.30. The first-order chi connectivity index (χ1) is 6.70. The van der Waals surface area contributed by atoms with E-state index in [1.165, 1.54) is 0 Å². The molecule has 0 bridgehead atoms. The van der Waals surface area contributed by atoms with Crippen LogP contribution in [-0.2, 0) is 9.59 Å². The van der Waals surface area contributed by atoms with Crippen LogP contribution in [0.2, 0.25) is 0 Å². The maximum Gasteiger partial charge on any atom is 0.312 e. The van der Waals surface area contributed by atoms with Gasteiger partial charge in [0, 0.05) is 26.2 Å². The Morgan fingerprint density at radius 2 is 1.79 bits per heavy atom. The molecule has 0 spiro atoms. The van der Waals surface area contributed by atoms with Crippen LogP contribution in [0.1, 0.15) is 13.3 Å². The number of hydrogen-bond donors (Lipinski definition) is 1. The number of amides is 2. The van der Waals surface area contributed by atoms with Crippen molar-refractivity contribution in [2.45, 2.75) is 13.3 Å². The molecule has 2 amide bonds. The minimum absolute atomic E-state index is 0.361. The third kappa shape index (κ3) is 2.41. The summed E-state index contributed by atoms with van der Waals surface area (Å²) >= 11 is 4.08. The first-order valence-corrected chi connectivity index (χ1v) is 5.53. The van der Waals surface area contributed by atoms with Crippen molar-refractivity contribution >= 4 is 24.4 Å². The van der Waals surface area contributed by atoms with Crippen LogP contribution in [-0.4, -0.2) is 53.5 Å². The first-order valence-electron chi connectivity index (χ1n) is 4.89. The Bertz CT molecular complexity index is 233. The molecule has 1 aliphatic heterocycles. The zero-order valence-electron chi connectivity index (χ0n) is 8.40. The van der Waals surface area contributed by atoms with Gasteiger partial charge in [0.2, 0.25) is 0 Å². The lowest BCUT2D eigenvalue weighted by Gasteiger charge is -2.32. The van der Waals surface area contributed by atoms with Crippen molar-refractivity contribution in [2.24, 2.45) is 0 Å². The minimum Gasteiger partial charge on any atom is -0.333 e. The highest BCUT2D eigenvalue weighted by Crippen LogP contribution is 2.05. The van der Waals surface area contributed by atoms with Crippen LogP contribution in [0.25, 0.3) is 0 Å². The summed E-state index contributed by atoms with van der Waals surface area (Å²) < 4.78 is 0. The van der Waals surface area contributed by atoms with Gasteiger partial charge in [-0.05, 0) is 19.1 Å². The molecule has 0 radical (unpaired) electrons. The van der Waals surface area contributed by atoms with E-state index < -0.39 is 0 Å². The molecule has 1 saturated heterocycles. The SMILES string of the molecule is CCN1CCN(CCCS)C(=O)C1=O. The Morgan fingerprint density at radius 3 is 2.36 bits per heavy atom. The number of carbonyl (C=O) groups excluding carboxylic acids is 2. The number of likely N-dealkylation sites (N-methyl/N-ethyl adjacent to an activating group) is 1. The molecule has 1 heterocycles. The lowest BCUT2D eigenvalue weighted by atomic mass is 10.2. The van der Waals surface area contributed by atoms with Crippen molar-refractivity contribution in [3.8, 4) is 0 Å². The van der Waals surface area contributed by atoms with Gasteiger partial charge < -0.3 is 9.80 Å². The number of thiol groups is 1. The molecule has 0 N–H and O–H groups in total. The summed E-state index contributed by atoms with van der Waals surface area (Å²) in [6.07, 6.45) is 0.842. The van der Waals surface area contributed by atoms with Crippen molar-refractivity contribution in [3.63, 3.8) is 0 Å². The molecule has 0 aromatic carbocycles. The molecule has 1 fully saturated rings. The highest BCUT2D eigenvalue weighted by molar-refractivity contribution is 7.80. The molecule has 0 saturated carbocycles. The van der Waals surface area contributed by atoms with E-state index in [4.69, 9.17) is 0 Å². The van der Waals surface area contributed by atoms with Crippen molar-refractivity contribution in [1.82, 2.24) is 9.80 Å². The largest absolute Gasteiger partial charge is 0.333 e. The molecule has 1 rings (SSSR count). The molecule has 0 aliphatic carbocycles. The summed E-state index contributed by atoms with van der Waals surface area (Å²) in [6, 6.07) is 0. The number of hydrogen-bond acceptors (Lipinski definition) is 3. The van der Waals surface area contributed by atoms with Gasteiger partial charge in [-0.2, -0.15) is 12.6 Å². The van der Waals surface area contributed by atoms with Crippen LogP contribution in [0.3, 0.4) is 0 Å². The predicted octanol–water partition coefficient (Wildman–Crippen LogP) is -0.00300. The molecule has 0 aromatic heterocycles. The smallest absolute Gasteiger partial charge is 0.312 e. The second-order valence-electron chi connectivity index (χ2n) is 3.25. The summed E-state index contributed by atoms with van der Waals surface area (Å²) in [6.45, 7) is 4.46. The highest BCUT2D eigenvalue weighted by atomic mass is 32.1. The quantitative estimate of drug-likeness (QED) is 0.531. The van der Waals surface area contributed by atoms with Gasteiger partial charge in [-0.15, -0.1) is 0 Å². The third-order valence-electron chi connectivity index (χ3n) is 2.37. The fourth-order valence-corrected chi connectivity index (χ4v) is 1.63. The van der Waals surface area contributed by atoms with Crippen molar-refractivity contribution < 1.29 is 9.59 Å². The van der Waals surface area contributed by atoms with Crippen molar-refractivity contribution in [2.75, 3.05) is 31.9 Å². The maximum atomic E-state index is 11.5. The van der Waals surface area contributed by atoms with E-state index in [1.807, 2.05) is 6.92 Å². The van der Waals surface area contributed by atoms with Crippen molar-refractivity contribution in [1.29, 1.82) is 0 Å². The average Bonchev–Trinajstić information content (AvgIpc) is 2.20. The van der Waals surface area contributed by atoms with Crippen LogP contribution in [0, 0.1) is 0 Å². The molecule has 14 heavy (non-hydrogen) atoms. The lowest BCUT2D eigenvalue weighted by Crippen LogP contribution is -2.54. The molecular formula is C9H16N2O2S. The number of rotatable bonds is 4. The fourth-order valence-electron chi connectivity index (χ4n) is 1.49. The van der Waals surface area contributed by atoms with Gasteiger partial charge in [0.15, 0.2) is 0 Å². The first kappa shape index (κ1) is 11.4. The van der Waals surface area contributed by atoms with Crippen LogP contribution >= 0.6 is 12.6 Å². The molecule has 0 aromatic rings. The van der Waals surface area contributed by atoms with Gasteiger partial charge in [-0.25, -0.2) is 0 Å². The fraction of sp³-hybridized carbons (Fsp3) is 0.778. The van der Waals surface area contributed by atoms with Crippen LogP contribution in [0.15, 0.2) is 0 Å². The number of piperazine rings is 1. The molecule has 0 unspecified atom stereocenters. The predicted molar refractivity (Wildman–Crippen MR) is 57.3 cm³/mol. The second kappa shape index (κ2) is 5.24. The van der Waals surface area contributed by atoms with Crippen LogP contribution in [0.4, 0.5) is 0 Å². The van der Waals surface area contributed by atoms with E-state index in [1.54, 1.807) is 9.80 Å². The molecule has 4 nitrogen and oxygen atoms in total. The van der Waals surface area contributed by atoms with E-state index in [0.29, 0.717) is 26.2 Å². The van der Waals surface area contributed by atoms with E-state index in [0.717, 1.165) is 12.2 Å². The Labute approximate surface area is 89.7 Å². The summed E-state index contributed by atoms with van der Waals surface area (Å²) in [5.41, 5.74) is 0. The van der Waals surface area contributed by atoms with E-state index in [-0.39, 0.29) is 11.8 Å². The van der Waals surface area contributed by atoms with Gasteiger partial charge >= 0.3 is 11.8 Å². The maximum absolute atomic E-state index is 11.5. The van der Waals surface area contributed by atoms with Gasteiger partial charge in [-0.3, -0.25) is 9.59 Å². The zero-order valence-corrected chi connectivity index (χ0v) is 9.30. The Morgan fingerprint density at radius 1 is 1.21 bits per heavy atom. The van der Waals surface area contributed by atoms with Crippen LogP contribution in [0.5, 0.6) is 0 Å². The Hall–Kier alpha value is -0.710. The van der Waals surface area contributed by atoms with E-state index >= 15 is 0 Å². The number of carbonyl (C=O) groups is 2. The van der Waals surface area contributed by atoms with Gasteiger partial charge in [0.1, 0.15) is 0 Å². The molecule has 5 heteroatoms. The lowest BCUT2D eigenvalue weighted by molar-refractivity contribution is -0.155. The Balaban J connectivity index is 2.51. The summed E-state index contributed by atoms with van der Waals surface area (Å²) in [5, 5.41) is 0. The van der Waals surface area contributed by atoms with Crippen molar-refractivity contribution in [3.05, 3.63) is 0 Å². The average molecular weight is 216 g/mol. The molecular weight excluding hydrogens is 200 g/mol. The molecule has 0 atom stereocenters. The topological polar surface area (TPSA) is 40.6 Å². The van der Waals surface area contributed by atoms with E-state index in [9.17, 15) is 9.59 Å². The summed E-state index contributed by atoms with van der Waals surface area (Å²) in [5.74, 6) is 0.0212. The van der Waals surface area contributed by atoms with Crippen LogP contribution < -0.4 is 0 Å². The Kier molecular flexibility index (Phi) is 4.25.